The van der Waals surface area contributed by atoms with Gasteiger partial charge in [-0.2, -0.15) is 0 Å². The molecule has 0 aliphatic rings. The third-order valence-corrected chi connectivity index (χ3v) is 7.33. The number of esters is 1. The van der Waals surface area contributed by atoms with Crippen molar-refractivity contribution in [1.82, 2.24) is 4.57 Å². The maximum absolute atomic E-state index is 11.9. The summed E-state index contributed by atoms with van der Waals surface area (Å²) < 4.78 is 25.4. The first-order valence-electron chi connectivity index (χ1n) is 14.2. The van der Waals surface area contributed by atoms with Crippen molar-refractivity contribution in [3.63, 3.8) is 0 Å². The van der Waals surface area contributed by atoms with Crippen molar-refractivity contribution in [2.45, 2.75) is 26.5 Å². The van der Waals surface area contributed by atoms with Crippen molar-refractivity contribution in [1.29, 1.82) is 0 Å². The molecule has 216 valence electrons. The zero-order valence-electron chi connectivity index (χ0n) is 24.4. The number of benzene rings is 4. The van der Waals surface area contributed by atoms with Gasteiger partial charge >= 0.3 is 5.97 Å². The molecule has 4 aromatic carbocycles. The van der Waals surface area contributed by atoms with E-state index in [1.54, 1.807) is 6.92 Å². The minimum Gasteiger partial charge on any atom is -0.492 e. The zero-order chi connectivity index (χ0) is 29.6. The SMILES string of the molecule is C=C(C)C(=C)OCCOCC(Cn1c2ccc3ccccc3c2c2c3ccccc3ccc21)OCCOC(=O)C(=C)C. The molecule has 0 aliphatic carbocycles. The molecule has 1 aromatic heterocycles. The quantitative estimate of drug-likeness (QED) is 0.0455. The van der Waals surface area contributed by atoms with E-state index < -0.39 is 5.97 Å². The number of fused-ring (bicyclic) bond motifs is 7. The second kappa shape index (κ2) is 13.1. The van der Waals surface area contributed by atoms with Crippen LogP contribution < -0.4 is 0 Å². The van der Waals surface area contributed by atoms with Crippen LogP contribution in [0.15, 0.2) is 109 Å². The van der Waals surface area contributed by atoms with Crippen LogP contribution in [0.4, 0.5) is 0 Å². The van der Waals surface area contributed by atoms with Crippen LogP contribution in [0.1, 0.15) is 13.8 Å². The lowest BCUT2D eigenvalue weighted by Crippen LogP contribution is -2.28. The Hall–Kier alpha value is -4.39. The van der Waals surface area contributed by atoms with Crippen LogP contribution in [0, 0.1) is 0 Å². The van der Waals surface area contributed by atoms with Gasteiger partial charge in [0.2, 0.25) is 0 Å². The van der Waals surface area contributed by atoms with Crippen LogP contribution in [0.3, 0.4) is 0 Å². The number of allylic oxidation sites excluding steroid dienone is 1. The van der Waals surface area contributed by atoms with Gasteiger partial charge in [0.25, 0.3) is 0 Å². The molecule has 0 saturated carbocycles. The molecule has 0 radical (unpaired) electrons. The summed E-state index contributed by atoms with van der Waals surface area (Å²) in [5.74, 6) is 0.123. The van der Waals surface area contributed by atoms with E-state index in [2.05, 4.69) is 97.1 Å². The fraction of sp³-hybridized carbons (Fsp3) is 0.250. The second-order valence-electron chi connectivity index (χ2n) is 10.5. The summed E-state index contributed by atoms with van der Waals surface area (Å²) in [7, 11) is 0. The number of carbonyl (C=O) groups is 1. The number of nitrogens with zero attached hydrogens (tertiary/aromatic N) is 1. The molecule has 6 heteroatoms. The number of carbonyl (C=O) groups excluding carboxylic acids is 1. The van der Waals surface area contributed by atoms with Gasteiger partial charge in [-0.1, -0.05) is 80.4 Å². The highest BCUT2D eigenvalue weighted by Gasteiger charge is 2.20. The fourth-order valence-electron chi connectivity index (χ4n) is 5.21. The van der Waals surface area contributed by atoms with Crippen LogP contribution in [0.5, 0.6) is 0 Å². The van der Waals surface area contributed by atoms with E-state index >= 15 is 0 Å². The van der Waals surface area contributed by atoms with Crippen molar-refractivity contribution in [3.05, 3.63) is 109 Å². The van der Waals surface area contributed by atoms with Crippen molar-refractivity contribution in [2.75, 3.05) is 33.0 Å². The first-order chi connectivity index (χ1) is 20.3. The summed E-state index contributed by atoms with van der Waals surface area (Å²) in [5.41, 5.74) is 3.40. The maximum Gasteiger partial charge on any atom is 0.333 e. The number of ether oxygens (including phenoxy) is 4. The van der Waals surface area contributed by atoms with Crippen LogP contribution in [-0.2, 0) is 30.3 Å². The molecule has 5 rings (SSSR count). The summed E-state index contributed by atoms with van der Waals surface area (Å²) in [6, 6.07) is 25.7. The lowest BCUT2D eigenvalue weighted by atomic mass is 10.00. The van der Waals surface area contributed by atoms with Crippen LogP contribution in [-0.4, -0.2) is 49.7 Å². The second-order valence-corrected chi connectivity index (χ2v) is 10.5. The fourth-order valence-corrected chi connectivity index (χ4v) is 5.21. The largest absolute Gasteiger partial charge is 0.492 e. The van der Waals surface area contributed by atoms with Gasteiger partial charge in [-0.25, -0.2) is 4.79 Å². The summed E-state index contributed by atoms with van der Waals surface area (Å²) in [5, 5.41) is 7.27. The average Bonchev–Trinajstić information content (AvgIpc) is 3.32. The summed E-state index contributed by atoms with van der Waals surface area (Å²) >= 11 is 0. The predicted molar refractivity (Wildman–Crippen MR) is 171 cm³/mol. The average molecular weight is 564 g/mol. The summed E-state index contributed by atoms with van der Waals surface area (Å²) in [6.07, 6.45) is -0.311. The van der Waals surface area contributed by atoms with Gasteiger partial charge in [0.15, 0.2) is 0 Å². The first kappa shape index (κ1) is 29.1. The molecular formula is C36H37NO5. The molecule has 6 nitrogen and oxygen atoms in total. The normalized spacial score (nSPS) is 12.1. The highest BCUT2D eigenvalue weighted by atomic mass is 16.6. The van der Waals surface area contributed by atoms with E-state index in [1.165, 1.54) is 32.3 Å². The Kier molecular flexibility index (Phi) is 9.06. The first-order valence-corrected chi connectivity index (χ1v) is 14.2. The molecular weight excluding hydrogens is 526 g/mol. The smallest absolute Gasteiger partial charge is 0.333 e. The number of hydrogen-bond acceptors (Lipinski definition) is 5. The molecule has 1 heterocycles. The molecule has 0 saturated heterocycles. The molecule has 1 atom stereocenters. The summed E-state index contributed by atoms with van der Waals surface area (Å²) in [4.78, 5) is 11.9. The number of rotatable bonds is 14. The van der Waals surface area contributed by atoms with E-state index in [1.807, 2.05) is 6.92 Å². The Morgan fingerprint density at radius 2 is 1.29 bits per heavy atom. The van der Waals surface area contributed by atoms with Crippen LogP contribution >= 0.6 is 0 Å². The van der Waals surface area contributed by atoms with Crippen molar-refractivity contribution in [3.8, 4) is 0 Å². The van der Waals surface area contributed by atoms with E-state index in [0.717, 1.165) is 16.6 Å². The Morgan fingerprint density at radius 3 is 1.86 bits per heavy atom. The molecule has 0 amide bonds. The van der Waals surface area contributed by atoms with Gasteiger partial charge in [-0.05, 0) is 53.1 Å². The Labute approximate surface area is 246 Å². The molecule has 1 unspecified atom stereocenters. The number of aromatic nitrogens is 1. The molecule has 0 fully saturated rings. The third kappa shape index (κ3) is 6.25. The summed E-state index contributed by atoms with van der Waals surface area (Å²) in [6.45, 7) is 16.8. The lowest BCUT2D eigenvalue weighted by Gasteiger charge is -2.20. The van der Waals surface area contributed by atoms with Crippen molar-refractivity contribution in [2.24, 2.45) is 0 Å². The Bertz CT molecular complexity index is 1700. The molecule has 0 spiro atoms. The van der Waals surface area contributed by atoms with Crippen molar-refractivity contribution < 1.29 is 23.7 Å². The molecule has 5 aromatic rings. The van der Waals surface area contributed by atoms with Gasteiger partial charge < -0.3 is 23.5 Å². The number of hydrogen-bond donors (Lipinski definition) is 0. The Balaban J connectivity index is 1.47. The van der Waals surface area contributed by atoms with E-state index in [9.17, 15) is 4.79 Å². The zero-order valence-corrected chi connectivity index (χ0v) is 24.4. The van der Waals surface area contributed by atoms with E-state index in [-0.39, 0.29) is 19.3 Å². The van der Waals surface area contributed by atoms with Gasteiger partial charge in [-0.15, -0.1) is 0 Å². The van der Waals surface area contributed by atoms with Crippen molar-refractivity contribution >= 4 is 49.3 Å². The van der Waals surface area contributed by atoms with E-state index in [0.29, 0.717) is 37.7 Å². The Morgan fingerprint density at radius 1 is 0.714 bits per heavy atom. The van der Waals surface area contributed by atoms with Crippen LogP contribution in [0.2, 0.25) is 0 Å². The maximum atomic E-state index is 11.9. The monoisotopic (exact) mass is 563 g/mol. The minimum absolute atomic E-state index is 0.131. The molecule has 42 heavy (non-hydrogen) atoms. The molecule has 0 N–H and O–H groups in total. The van der Waals surface area contributed by atoms with Gasteiger partial charge in [0.05, 0.1) is 32.5 Å². The minimum atomic E-state index is -0.428. The molecule has 0 aliphatic heterocycles. The van der Waals surface area contributed by atoms with Gasteiger partial charge in [0, 0.05) is 27.4 Å². The lowest BCUT2D eigenvalue weighted by molar-refractivity contribution is -0.141. The van der Waals surface area contributed by atoms with Crippen LogP contribution in [0.25, 0.3) is 43.4 Å². The molecule has 0 bridgehead atoms. The van der Waals surface area contributed by atoms with Gasteiger partial charge in [-0.3, -0.25) is 0 Å². The van der Waals surface area contributed by atoms with E-state index in [4.69, 9.17) is 18.9 Å². The topological polar surface area (TPSA) is 58.9 Å². The standard InChI is InChI=1S/C36H37NO5/c1-24(2)26(5)40-19-18-39-23-29(41-20-21-42-36(38)25(3)4)22-37-32-16-14-27-10-6-8-12-30(27)34(32)35-31-13-9-7-11-28(31)15-17-33(35)37/h6-17,29H,1,3,5,18-23H2,2,4H3. The highest BCUT2D eigenvalue weighted by Crippen LogP contribution is 2.39. The predicted octanol–water partition coefficient (Wildman–Crippen LogP) is 7.73. The third-order valence-electron chi connectivity index (χ3n) is 7.33. The highest BCUT2D eigenvalue weighted by molar-refractivity contribution is 6.27. The van der Waals surface area contributed by atoms with Gasteiger partial charge in [0.1, 0.15) is 19.0 Å².